The van der Waals surface area contributed by atoms with Gasteiger partial charge in [-0.25, -0.2) is 13.4 Å². The molecule has 36 heavy (non-hydrogen) atoms. The van der Waals surface area contributed by atoms with Crippen LogP contribution < -0.4 is 9.64 Å². The molecule has 11 heteroatoms. The minimum Gasteiger partial charge on any atom is -0.497 e. The second kappa shape index (κ2) is 14.2. The summed E-state index contributed by atoms with van der Waals surface area (Å²) in [4.78, 5) is 23.4. The molecule has 0 aliphatic carbocycles. The van der Waals surface area contributed by atoms with Gasteiger partial charge in [0.05, 0.1) is 28.0 Å². The van der Waals surface area contributed by atoms with Gasteiger partial charge in [-0.1, -0.05) is 31.3 Å². The van der Waals surface area contributed by atoms with Crippen molar-refractivity contribution in [3.05, 3.63) is 42.5 Å². The number of amides is 1. The minimum absolute atomic E-state index is 0. The normalized spacial score (nSPS) is 11.5. The molecule has 1 amide bonds. The number of carbonyl (C=O) groups excluding carboxylic acids is 1. The van der Waals surface area contributed by atoms with E-state index in [1.165, 1.54) is 30.6 Å². The Morgan fingerprint density at radius 3 is 2.39 bits per heavy atom. The summed E-state index contributed by atoms with van der Waals surface area (Å²) in [6.07, 6.45) is 2.40. The number of ether oxygens (including phenoxy) is 1. The zero-order valence-electron chi connectivity index (χ0n) is 21.1. The molecule has 2 aromatic carbocycles. The molecule has 7 nitrogen and oxygen atoms in total. The number of para-hydroxylation sites is 1. The Hall–Kier alpha value is -1.85. The number of likely N-dealkylation sites (N-methyl/N-ethyl adjacent to an activating group) is 1. The van der Waals surface area contributed by atoms with E-state index in [2.05, 4.69) is 18.7 Å². The van der Waals surface area contributed by atoms with Crippen molar-refractivity contribution in [2.24, 2.45) is 0 Å². The highest BCUT2D eigenvalue weighted by atomic mass is 35.5. The summed E-state index contributed by atoms with van der Waals surface area (Å²) in [6.45, 7) is 7.24. The van der Waals surface area contributed by atoms with Gasteiger partial charge in [-0.2, -0.15) is 0 Å². The van der Waals surface area contributed by atoms with Crippen molar-refractivity contribution in [3.8, 4) is 5.75 Å². The number of thioether (sulfide) groups is 1. The second-order valence-corrected chi connectivity index (χ2v) is 11.9. The standard InChI is InChI=1S/C25H33N3O4S3.ClH/c1-5-27(6-2)16-17-28(25-26-24-21(33-4)9-7-10-22(24)34-25)23(29)11-8-18-35(30,31)20-14-12-19(32-3)13-15-20;/h7,9-10,12-15H,5-6,8,11,16-18H2,1-4H3;1H. The van der Waals surface area contributed by atoms with Gasteiger partial charge < -0.3 is 9.64 Å². The molecule has 0 aliphatic heterocycles. The van der Waals surface area contributed by atoms with Crippen LogP contribution in [0.15, 0.2) is 52.3 Å². The van der Waals surface area contributed by atoms with Gasteiger partial charge in [-0.15, -0.1) is 24.2 Å². The molecular weight excluding hydrogens is 538 g/mol. The number of rotatable bonds is 13. The van der Waals surface area contributed by atoms with Crippen LogP contribution in [0.3, 0.4) is 0 Å². The van der Waals surface area contributed by atoms with Gasteiger partial charge in [-0.3, -0.25) is 9.69 Å². The predicted octanol–water partition coefficient (Wildman–Crippen LogP) is 5.38. The Balaban J connectivity index is 0.00000456. The molecule has 0 atom stereocenters. The fraction of sp³-hybridized carbons (Fsp3) is 0.440. The summed E-state index contributed by atoms with van der Waals surface area (Å²) in [7, 11) is -1.95. The first-order chi connectivity index (χ1) is 16.8. The lowest BCUT2D eigenvalue weighted by atomic mass is 10.3. The number of methoxy groups -OCH3 is 1. The summed E-state index contributed by atoms with van der Waals surface area (Å²) in [5.74, 6) is 0.404. The quantitative estimate of drug-likeness (QED) is 0.255. The maximum absolute atomic E-state index is 13.3. The van der Waals surface area contributed by atoms with E-state index in [0.29, 0.717) is 17.4 Å². The number of thiazole rings is 1. The van der Waals surface area contributed by atoms with Crippen LogP contribution in [-0.4, -0.2) is 69.5 Å². The van der Waals surface area contributed by atoms with Gasteiger partial charge in [0.2, 0.25) is 5.91 Å². The van der Waals surface area contributed by atoms with E-state index >= 15 is 0 Å². The van der Waals surface area contributed by atoms with Gasteiger partial charge in [0, 0.05) is 24.4 Å². The van der Waals surface area contributed by atoms with Crippen LogP contribution in [0.4, 0.5) is 5.13 Å². The summed E-state index contributed by atoms with van der Waals surface area (Å²) < 4.78 is 31.6. The first-order valence-corrected chi connectivity index (χ1v) is 15.3. The topological polar surface area (TPSA) is 79.8 Å². The van der Waals surface area contributed by atoms with Crippen LogP contribution in [0.2, 0.25) is 0 Å². The van der Waals surface area contributed by atoms with Crippen molar-refractivity contribution >= 4 is 66.6 Å². The van der Waals surface area contributed by atoms with Crippen molar-refractivity contribution in [3.63, 3.8) is 0 Å². The molecule has 1 heterocycles. The Morgan fingerprint density at radius 1 is 1.08 bits per heavy atom. The average Bonchev–Trinajstić information content (AvgIpc) is 3.30. The largest absolute Gasteiger partial charge is 0.497 e. The van der Waals surface area contributed by atoms with Crippen LogP contribution in [0.1, 0.15) is 26.7 Å². The third-order valence-corrected chi connectivity index (χ3v) is 9.51. The lowest BCUT2D eigenvalue weighted by Gasteiger charge is -2.24. The summed E-state index contributed by atoms with van der Waals surface area (Å²) in [5.41, 5.74) is 0.905. The summed E-state index contributed by atoms with van der Waals surface area (Å²) in [5, 5.41) is 0.664. The van der Waals surface area contributed by atoms with Gasteiger partial charge >= 0.3 is 0 Å². The Bertz CT molecular complexity index is 1230. The highest BCUT2D eigenvalue weighted by molar-refractivity contribution is 7.98. The minimum atomic E-state index is -3.48. The van der Waals surface area contributed by atoms with Crippen molar-refractivity contribution in [1.82, 2.24) is 9.88 Å². The molecule has 0 saturated carbocycles. The highest BCUT2D eigenvalue weighted by Crippen LogP contribution is 2.34. The molecular formula is C25H34ClN3O4S3. The van der Waals surface area contributed by atoms with Crippen LogP contribution >= 0.6 is 35.5 Å². The smallest absolute Gasteiger partial charge is 0.228 e. The summed E-state index contributed by atoms with van der Waals surface area (Å²) >= 11 is 3.13. The number of hydrogen-bond donors (Lipinski definition) is 0. The third kappa shape index (κ3) is 7.58. The predicted molar refractivity (Wildman–Crippen MR) is 153 cm³/mol. The first-order valence-electron chi connectivity index (χ1n) is 11.7. The van der Waals surface area contributed by atoms with E-state index in [1.807, 2.05) is 24.5 Å². The number of carbonyl (C=O) groups is 1. The number of nitrogens with zero attached hydrogens (tertiary/aromatic N) is 3. The van der Waals surface area contributed by atoms with Gasteiger partial charge in [0.1, 0.15) is 5.75 Å². The Morgan fingerprint density at radius 2 is 1.78 bits per heavy atom. The van der Waals surface area contributed by atoms with E-state index in [-0.39, 0.29) is 41.8 Å². The van der Waals surface area contributed by atoms with Gasteiger partial charge in [-0.05, 0) is 62.2 Å². The van der Waals surface area contributed by atoms with Crippen molar-refractivity contribution < 1.29 is 17.9 Å². The number of hydrogen-bond acceptors (Lipinski definition) is 8. The second-order valence-electron chi connectivity index (χ2n) is 7.97. The van der Waals surface area contributed by atoms with Gasteiger partial charge in [0.25, 0.3) is 0 Å². The molecule has 3 aromatic rings. The maximum atomic E-state index is 13.3. The average molecular weight is 572 g/mol. The lowest BCUT2D eigenvalue weighted by molar-refractivity contribution is -0.118. The Kier molecular flexibility index (Phi) is 12.0. The van der Waals surface area contributed by atoms with E-state index in [0.717, 1.165) is 34.7 Å². The number of benzene rings is 2. The number of halogens is 1. The maximum Gasteiger partial charge on any atom is 0.228 e. The molecule has 0 saturated heterocycles. The molecule has 0 spiro atoms. The fourth-order valence-corrected chi connectivity index (χ4v) is 6.72. The third-order valence-electron chi connectivity index (χ3n) is 5.88. The van der Waals surface area contributed by atoms with E-state index in [9.17, 15) is 13.2 Å². The number of sulfone groups is 1. The number of aromatic nitrogens is 1. The van der Waals surface area contributed by atoms with Crippen molar-refractivity contribution in [2.75, 3.05) is 50.2 Å². The zero-order valence-corrected chi connectivity index (χ0v) is 24.4. The molecule has 0 bridgehead atoms. The Labute approximate surface area is 228 Å². The van der Waals surface area contributed by atoms with E-state index in [4.69, 9.17) is 9.72 Å². The molecule has 0 unspecified atom stereocenters. The summed E-state index contributed by atoms with van der Waals surface area (Å²) in [6, 6.07) is 12.4. The first kappa shape index (κ1) is 30.4. The molecule has 0 radical (unpaired) electrons. The van der Waals surface area contributed by atoms with E-state index in [1.54, 1.807) is 28.8 Å². The van der Waals surface area contributed by atoms with Crippen molar-refractivity contribution in [1.29, 1.82) is 0 Å². The molecule has 3 rings (SSSR count). The highest BCUT2D eigenvalue weighted by Gasteiger charge is 2.22. The van der Waals surface area contributed by atoms with Crippen LogP contribution in [0, 0.1) is 0 Å². The molecule has 0 aliphatic rings. The van der Waals surface area contributed by atoms with Crippen LogP contribution in [0.25, 0.3) is 10.2 Å². The lowest BCUT2D eigenvalue weighted by Crippen LogP contribution is -2.38. The monoisotopic (exact) mass is 571 g/mol. The SMILES string of the molecule is CCN(CC)CCN(C(=O)CCCS(=O)(=O)c1ccc(OC)cc1)c1nc2c(SC)cccc2s1.Cl. The van der Waals surface area contributed by atoms with Crippen LogP contribution in [-0.2, 0) is 14.6 Å². The fourth-order valence-electron chi connectivity index (χ4n) is 3.75. The van der Waals surface area contributed by atoms with Gasteiger partial charge in [0.15, 0.2) is 15.0 Å². The van der Waals surface area contributed by atoms with Crippen molar-refractivity contribution in [2.45, 2.75) is 36.5 Å². The molecule has 198 valence electrons. The molecule has 1 aromatic heterocycles. The molecule has 0 N–H and O–H groups in total. The zero-order chi connectivity index (χ0) is 25.4. The van der Waals surface area contributed by atoms with Crippen LogP contribution in [0.5, 0.6) is 5.75 Å². The molecule has 0 fully saturated rings. The van der Waals surface area contributed by atoms with E-state index < -0.39 is 9.84 Å². The number of anilines is 1. The number of fused-ring (bicyclic) bond motifs is 1.